The van der Waals surface area contributed by atoms with Crippen molar-refractivity contribution in [1.82, 2.24) is 0 Å². The summed E-state index contributed by atoms with van der Waals surface area (Å²) in [6.45, 7) is 5.98. The zero-order valence-electron chi connectivity index (χ0n) is 9.24. The summed E-state index contributed by atoms with van der Waals surface area (Å²) in [5.41, 5.74) is 2.06. The highest BCUT2D eigenvalue weighted by molar-refractivity contribution is 5.43. The molecule has 1 atom stereocenters. The molecule has 1 N–H and O–H groups in total. The minimum absolute atomic E-state index is 0.357. The third-order valence-electron chi connectivity index (χ3n) is 2.35. The van der Waals surface area contributed by atoms with Gasteiger partial charge in [0.2, 0.25) is 0 Å². The van der Waals surface area contributed by atoms with Gasteiger partial charge in [-0.1, -0.05) is 26.0 Å². The Labute approximate surface area is 85.5 Å². The molecule has 0 aliphatic heterocycles. The Kier molecular flexibility index (Phi) is 3.53. The van der Waals surface area contributed by atoms with Crippen LogP contribution in [-0.2, 0) is 0 Å². The first-order valence-corrected chi connectivity index (χ1v) is 4.92. The minimum Gasteiger partial charge on any atom is -0.496 e. The molecule has 0 aromatic heterocycles. The Balaban J connectivity index is 3.28. The van der Waals surface area contributed by atoms with E-state index in [-0.39, 0.29) is 0 Å². The van der Waals surface area contributed by atoms with Crippen LogP contribution in [0.5, 0.6) is 5.75 Å². The van der Waals surface area contributed by atoms with Gasteiger partial charge in [-0.05, 0) is 24.5 Å². The van der Waals surface area contributed by atoms with Crippen LogP contribution in [0.2, 0.25) is 0 Å². The first-order chi connectivity index (χ1) is 6.57. The molecule has 1 unspecified atom stereocenters. The van der Waals surface area contributed by atoms with Crippen LogP contribution in [0.1, 0.15) is 43.9 Å². The van der Waals surface area contributed by atoms with Gasteiger partial charge in [0.1, 0.15) is 5.75 Å². The quantitative estimate of drug-likeness (QED) is 0.801. The molecule has 14 heavy (non-hydrogen) atoms. The lowest BCUT2D eigenvalue weighted by Gasteiger charge is -2.18. The molecule has 0 bridgehead atoms. The SMILES string of the molecule is COc1cccc(C(C)O)c1C(C)C. The van der Waals surface area contributed by atoms with Gasteiger partial charge in [0.15, 0.2) is 0 Å². The summed E-state index contributed by atoms with van der Waals surface area (Å²) < 4.78 is 5.29. The van der Waals surface area contributed by atoms with Crippen molar-refractivity contribution in [3.63, 3.8) is 0 Å². The first kappa shape index (κ1) is 11.1. The lowest BCUT2D eigenvalue weighted by molar-refractivity contribution is 0.197. The lowest BCUT2D eigenvalue weighted by Crippen LogP contribution is -2.03. The fourth-order valence-electron chi connectivity index (χ4n) is 1.72. The van der Waals surface area contributed by atoms with Gasteiger partial charge in [0.25, 0.3) is 0 Å². The van der Waals surface area contributed by atoms with Gasteiger partial charge in [0, 0.05) is 5.56 Å². The molecule has 78 valence electrons. The van der Waals surface area contributed by atoms with E-state index in [9.17, 15) is 5.11 Å². The summed E-state index contributed by atoms with van der Waals surface area (Å²) in [6.07, 6.45) is -0.442. The fraction of sp³-hybridized carbons (Fsp3) is 0.500. The van der Waals surface area contributed by atoms with E-state index in [1.807, 2.05) is 18.2 Å². The first-order valence-electron chi connectivity index (χ1n) is 4.92. The Morgan fingerprint density at radius 1 is 1.21 bits per heavy atom. The van der Waals surface area contributed by atoms with Crippen LogP contribution in [0.3, 0.4) is 0 Å². The predicted octanol–water partition coefficient (Wildman–Crippen LogP) is 2.87. The fourth-order valence-corrected chi connectivity index (χ4v) is 1.72. The van der Waals surface area contributed by atoms with Crippen molar-refractivity contribution in [1.29, 1.82) is 0 Å². The van der Waals surface area contributed by atoms with Crippen molar-refractivity contribution in [2.75, 3.05) is 7.11 Å². The van der Waals surface area contributed by atoms with Gasteiger partial charge in [-0.15, -0.1) is 0 Å². The molecule has 1 rings (SSSR count). The van der Waals surface area contributed by atoms with Crippen LogP contribution in [0, 0.1) is 0 Å². The second-order valence-electron chi connectivity index (χ2n) is 3.79. The minimum atomic E-state index is -0.442. The lowest BCUT2D eigenvalue weighted by atomic mass is 9.93. The molecule has 1 aromatic rings. The van der Waals surface area contributed by atoms with Crippen molar-refractivity contribution >= 4 is 0 Å². The summed E-state index contributed by atoms with van der Waals surface area (Å²) >= 11 is 0. The van der Waals surface area contributed by atoms with Crippen LogP contribution in [-0.4, -0.2) is 12.2 Å². The summed E-state index contributed by atoms with van der Waals surface area (Å²) in [5, 5.41) is 9.62. The summed E-state index contributed by atoms with van der Waals surface area (Å²) in [6, 6.07) is 5.79. The van der Waals surface area contributed by atoms with E-state index in [2.05, 4.69) is 13.8 Å². The van der Waals surface area contributed by atoms with Crippen LogP contribution in [0.25, 0.3) is 0 Å². The van der Waals surface area contributed by atoms with Gasteiger partial charge in [0.05, 0.1) is 13.2 Å². The molecule has 0 saturated carbocycles. The van der Waals surface area contributed by atoms with Gasteiger partial charge >= 0.3 is 0 Å². The Morgan fingerprint density at radius 3 is 2.29 bits per heavy atom. The zero-order valence-corrected chi connectivity index (χ0v) is 9.24. The Morgan fingerprint density at radius 2 is 1.86 bits per heavy atom. The molecule has 2 nitrogen and oxygen atoms in total. The number of aliphatic hydroxyl groups is 1. The van der Waals surface area contributed by atoms with E-state index in [0.717, 1.165) is 16.9 Å². The molecule has 0 aliphatic carbocycles. The van der Waals surface area contributed by atoms with Crippen molar-refractivity contribution in [3.8, 4) is 5.75 Å². The normalized spacial score (nSPS) is 13.0. The average Bonchev–Trinajstić information content (AvgIpc) is 2.16. The summed E-state index contributed by atoms with van der Waals surface area (Å²) in [7, 11) is 1.66. The Bertz CT molecular complexity index is 303. The van der Waals surface area contributed by atoms with Crippen molar-refractivity contribution < 1.29 is 9.84 Å². The van der Waals surface area contributed by atoms with Crippen LogP contribution < -0.4 is 4.74 Å². The predicted molar refractivity (Wildman–Crippen MR) is 57.7 cm³/mol. The van der Waals surface area contributed by atoms with Gasteiger partial charge in [-0.3, -0.25) is 0 Å². The molecule has 0 aliphatic rings. The maximum atomic E-state index is 9.62. The molecule has 1 aromatic carbocycles. The summed E-state index contributed by atoms with van der Waals surface area (Å²) in [5.74, 6) is 1.22. The molecule has 2 heteroatoms. The number of aliphatic hydroxyl groups excluding tert-OH is 1. The second-order valence-corrected chi connectivity index (χ2v) is 3.79. The topological polar surface area (TPSA) is 29.5 Å². The maximum Gasteiger partial charge on any atom is 0.122 e. The molecule has 0 spiro atoms. The number of methoxy groups -OCH3 is 1. The highest BCUT2D eigenvalue weighted by Gasteiger charge is 2.15. The second kappa shape index (κ2) is 4.47. The highest BCUT2D eigenvalue weighted by Crippen LogP contribution is 2.32. The molecule has 0 amide bonds. The molecule has 0 radical (unpaired) electrons. The van der Waals surface area contributed by atoms with Crippen molar-refractivity contribution in [2.45, 2.75) is 32.8 Å². The van der Waals surface area contributed by atoms with Crippen molar-refractivity contribution in [3.05, 3.63) is 29.3 Å². The van der Waals surface area contributed by atoms with Crippen LogP contribution in [0.15, 0.2) is 18.2 Å². The summed E-state index contributed by atoms with van der Waals surface area (Å²) in [4.78, 5) is 0. The molecular weight excluding hydrogens is 176 g/mol. The molecular formula is C12H18O2. The number of ether oxygens (including phenoxy) is 1. The Hall–Kier alpha value is -1.02. The third kappa shape index (κ3) is 2.07. The standard InChI is InChI=1S/C12H18O2/c1-8(2)12-10(9(3)13)6-5-7-11(12)14-4/h5-9,13H,1-4H3. The largest absolute Gasteiger partial charge is 0.496 e. The van der Waals surface area contributed by atoms with E-state index in [1.54, 1.807) is 14.0 Å². The van der Waals surface area contributed by atoms with Gasteiger partial charge in [-0.25, -0.2) is 0 Å². The monoisotopic (exact) mass is 194 g/mol. The number of hydrogen-bond donors (Lipinski definition) is 1. The highest BCUT2D eigenvalue weighted by atomic mass is 16.5. The van der Waals surface area contributed by atoms with Crippen molar-refractivity contribution in [2.24, 2.45) is 0 Å². The van der Waals surface area contributed by atoms with Crippen LogP contribution in [0.4, 0.5) is 0 Å². The molecule has 0 fully saturated rings. The number of benzene rings is 1. The third-order valence-corrected chi connectivity index (χ3v) is 2.35. The number of hydrogen-bond acceptors (Lipinski definition) is 2. The van der Waals surface area contributed by atoms with E-state index < -0.39 is 6.10 Å². The molecule has 0 saturated heterocycles. The number of rotatable bonds is 3. The smallest absolute Gasteiger partial charge is 0.122 e. The van der Waals surface area contributed by atoms with E-state index in [4.69, 9.17) is 4.74 Å². The van der Waals surface area contributed by atoms with Crippen LogP contribution >= 0.6 is 0 Å². The maximum absolute atomic E-state index is 9.62. The van der Waals surface area contributed by atoms with E-state index >= 15 is 0 Å². The van der Waals surface area contributed by atoms with E-state index in [1.165, 1.54) is 0 Å². The zero-order chi connectivity index (χ0) is 10.7. The van der Waals surface area contributed by atoms with Gasteiger partial charge < -0.3 is 9.84 Å². The van der Waals surface area contributed by atoms with E-state index in [0.29, 0.717) is 5.92 Å². The van der Waals surface area contributed by atoms with Gasteiger partial charge in [-0.2, -0.15) is 0 Å². The average molecular weight is 194 g/mol. The molecule has 0 heterocycles.